The Labute approximate surface area is 183 Å². The van der Waals surface area contributed by atoms with Crippen molar-refractivity contribution in [1.82, 2.24) is 9.88 Å². The normalized spacial score (nSPS) is 16.9. The predicted molar refractivity (Wildman–Crippen MR) is 113 cm³/mol. The highest BCUT2D eigenvalue weighted by molar-refractivity contribution is 6.14. The number of alkyl halides is 3. The Bertz CT molecular complexity index is 996. The van der Waals surface area contributed by atoms with Gasteiger partial charge in [-0.25, -0.2) is 9.98 Å². The molecule has 1 saturated heterocycles. The minimum Gasteiger partial charge on any atom is -0.340 e. The van der Waals surface area contributed by atoms with Crippen molar-refractivity contribution in [1.29, 1.82) is 5.41 Å². The topological polar surface area (TPSA) is 107 Å². The number of quaternary nitrogens is 1. The van der Waals surface area contributed by atoms with Gasteiger partial charge in [-0.15, -0.1) is 0 Å². The number of amides is 1. The van der Waals surface area contributed by atoms with Crippen molar-refractivity contribution in [3.05, 3.63) is 53.2 Å². The van der Waals surface area contributed by atoms with E-state index in [1.54, 1.807) is 11.4 Å². The van der Waals surface area contributed by atoms with E-state index in [-0.39, 0.29) is 11.7 Å². The first-order valence-electron chi connectivity index (χ1n) is 9.95. The zero-order valence-corrected chi connectivity index (χ0v) is 17.4. The molecule has 1 amide bonds. The third-order valence-electron chi connectivity index (χ3n) is 4.71. The molecule has 0 aliphatic carbocycles. The van der Waals surface area contributed by atoms with E-state index >= 15 is 0 Å². The van der Waals surface area contributed by atoms with Crippen LogP contribution in [0.2, 0.25) is 0 Å². The van der Waals surface area contributed by atoms with Crippen LogP contribution < -0.4 is 10.6 Å². The Morgan fingerprint density at radius 3 is 2.97 bits per heavy atom. The molecule has 11 heteroatoms. The molecule has 2 heterocycles. The number of pyridine rings is 1. The number of hydrogen-bond donors (Lipinski definition) is 3. The van der Waals surface area contributed by atoms with Crippen molar-refractivity contribution in [2.75, 3.05) is 25.1 Å². The van der Waals surface area contributed by atoms with Crippen LogP contribution in [0.15, 0.2) is 41.4 Å². The van der Waals surface area contributed by atoms with Crippen LogP contribution in [0.4, 0.5) is 24.7 Å². The van der Waals surface area contributed by atoms with Gasteiger partial charge in [0.1, 0.15) is 22.8 Å². The van der Waals surface area contributed by atoms with E-state index in [1.165, 1.54) is 23.2 Å². The summed E-state index contributed by atoms with van der Waals surface area (Å²) in [5, 5.41) is 11.6. The van der Waals surface area contributed by atoms with Crippen LogP contribution >= 0.6 is 0 Å². The molecule has 1 aliphatic heterocycles. The molecule has 1 fully saturated rings. The molecule has 32 heavy (non-hydrogen) atoms. The number of hydrogen-bond acceptors (Lipinski definition) is 6. The second-order valence-electron chi connectivity index (χ2n) is 7.10. The van der Waals surface area contributed by atoms with E-state index < -0.39 is 18.2 Å². The lowest BCUT2D eigenvalue weighted by Gasteiger charge is -2.36. The van der Waals surface area contributed by atoms with Crippen molar-refractivity contribution < 1.29 is 28.0 Å². The van der Waals surface area contributed by atoms with E-state index in [4.69, 9.17) is 10.1 Å². The Morgan fingerprint density at radius 2 is 2.22 bits per heavy atom. The summed E-state index contributed by atoms with van der Waals surface area (Å²) in [5.41, 5.74) is 0.960. The highest BCUT2D eigenvalue weighted by Gasteiger charge is 2.34. The number of carbonyl (C=O) groups excluding carboxylic acids is 1. The lowest BCUT2D eigenvalue weighted by atomic mass is 10.1. The fourth-order valence-corrected chi connectivity index (χ4v) is 3.22. The van der Waals surface area contributed by atoms with Gasteiger partial charge in [-0.2, -0.15) is 13.2 Å². The van der Waals surface area contributed by atoms with Crippen LogP contribution in [0.3, 0.4) is 0 Å². The van der Waals surface area contributed by atoms with Crippen LogP contribution in [0.25, 0.3) is 0 Å². The Kier molecular flexibility index (Phi) is 7.54. The summed E-state index contributed by atoms with van der Waals surface area (Å²) in [5.74, 6) is -0.360. The molecule has 3 rings (SSSR count). The van der Waals surface area contributed by atoms with Gasteiger partial charge in [-0.1, -0.05) is 12.1 Å². The lowest BCUT2D eigenvalue weighted by Crippen LogP contribution is -2.78. The highest BCUT2D eigenvalue weighted by atomic mass is 19.4. The largest absolute Gasteiger partial charge is 0.433 e. The van der Waals surface area contributed by atoms with Crippen molar-refractivity contribution in [2.45, 2.75) is 25.9 Å². The molecule has 1 atom stereocenters. The van der Waals surface area contributed by atoms with Gasteiger partial charge in [0.25, 0.3) is 5.91 Å². The highest BCUT2D eigenvalue weighted by Crippen LogP contribution is 2.28. The van der Waals surface area contributed by atoms with Crippen molar-refractivity contribution in [2.24, 2.45) is 4.99 Å². The Balaban J connectivity index is 1.83. The smallest absolute Gasteiger partial charge is 0.340 e. The number of nitrogens with one attached hydrogen (secondary N) is 2. The zero-order chi connectivity index (χ0) is 23.1. The molecule has 0 spiro atoms. The zero-order valence-electron chi connectivity index (χ0n) is 17.4. The monoisotopic (exact) mass is 449 g/mol. The number of nitrogens with two attached hydrogens (primary N) is 1. The molecule has 8 nitrogen and oxygen atoms in total. The minimum absolute atomic E-state index is 0.0402. The van der Waals surface area contributed by atoms with Gasteiger partial charge in [-0.05, 0) is 37.1 Å². The number of aryl methyl sites for hydroxylation is 1. The Hall–Kier alpha value is -3.31. The second-order valence-corrected chi connectivity index (χ2v) is 7.10. The summed E-state index contributed by atoms with van der Waals surface area (Å²) in [4.78, 5) is 22.5. The van der Waals surface area contributed by atoms with Crippen molar-refractivity contribution in [3.63, 3.8) is 0 Å². The molecule has 1 aromatic heterocycles. The van der Waals surface area contributed by atoms with Gasteiger partial charge in [-0.3, -0.25) is 15.0 Å². The molecule has 0 bridgehead atoms. The number of aliphatic imine (C=N–C) groups is 1. The maximum atomic E-state index is 13.4. The minimum atomic E-state index is -4.58. The maximum absolute atomic E-state index is 13.4. The first-order chi connectivity index (χ1) is 15.3. The third-order valence-corrected chi connectivity index (χ3v) is 4.71. The first-order valence-corrected chi connectivity index (χ1v) is 9.95. The SMILES string of the molecule is Cc1ccc([NH2+]C/N=C\C=N)c(C(=O)N2CCCO[C@@H]2Nc2cccc(C(F)(F)F)n2)c1. The quantitative estimate of drug-likeness (QED) is 0.446. The molecule has 170 valence electrons. The fraction of sp³-hybridized carbons (Fsp3) is 0.333. The number of rotatable bonds is 7. The molecular formula is C21H24F3N6O2+. The van der Waals surface area contributed by atoms with Crippen LogP contribution in [0, 0.1) is 12.3 Å². The number of carbonyl (C=O) groups is 1. The van der Waals surface area contributed by atoms with E-state index in [9.17, 15) is 18.0 Å². The lowest BCUT2D eigenvalue weighted by molar-refractivity contribution is -0.569. The van der Waals surface area contributed by atoms with Crippen LogP contribution in [-0.4, -0.2) is 54.4 Å². The van der Waals surface area contributed by atoms with E-state index in [2.05, 4.69) is 15.3 Å². The number of ether oxygens (including phenoxy) is 1. The van der Waals surface area contributed by atoms with Crippen LogP contribution in [0.5, 0.6) is 0 Å². The summed E-state index contributed by atoms with van der Waals surface area (Å²) in [6.07, 6.45) is -2.52. The molecule has 1 aliphatic rings. The van der Waals surface area contributed by atoms with Gasteiger partial charge in [0.05, 0.1) is 6.61 Å². The van der Waals surface area contributed by atoms with E-state index in [0.29, 0.717) is 37.5 Å². The van der Waals surface area contributed by atoms with Crippen LogP contribution in [0.1, 0.15) is 28.0 Å². The number of aromatic nitrogens is 1. The summed E-state index contributed by atoms with van der Waals surface area (Å²) in [6, 6.07) is 8.95. The summed E-state index contributed by atoms with van der Waals surface area (Å²) >= 11 is 0. The summed E-state index contributed by atoms with van der Waals surface area (Å²) < 4.78 is 44.6. The van der Waals surface area contributed by atoms with E-state index in [1.807, 2.05) is 19.1 Å². The van der Waals surface area contributed by atoms with Gasteiger partial charge < -0.3 is 15.5 Å². The summed E-state index contributed by atoms with van der Waals surface area (Å²) in [6.45, 7) is 2.88. The maximum Gasteiger partial charge on any atom is 0.433 e. The van der Waals surface area contributed by atoms with Crippen molar-refractivity contribution >= 4 is 29.8 Å². The van der Waals surface area contributed by atoms with Gasteiger partial charge in [0, 0.05) is 25.0 Å². The first kappa shape index (κ1) is 23.4. The number of halogens is 3. The third kappa shape index (κ3) is 5.89. The average Bonchev–Trinajstić information content (AvgIpc) is 2.77. The van der Waals surface area contributed by atoms with Gasteiger partial charge in [0.15, 0.2) is 6.67 Å². The molecular weight excluding hydrogens is 425 g/mol. The fourth-order valence-electron chi connectivity index (χ4n) is 3.22. The van der Waals surface area contributed by atoms with E-state index in [0.717, 1.165) is 17.8 Å². The second kappa shape index (κ2) is 10.3. The number of benzene rings is 1. The number of anilines is 1. The van der Waals surface area contributed by atoms with Crippen LogP contribution in [-0.2, 0) is 10.9 Å². The van der Waals surface area contributed by atoms with Gasteiger partial charge >= 0.3 is 6.18 Å². The Morgan fingerprint density at radius 1 is 1.41 bits per heavy atom. The summed E-state index contributed by atoms with van der Waals surface area (Å²) in [7, 11) is 0. The predicted octanol–water partition coefficient (Wildman–Crippen LogP) is 2.54. The standard InChI is InChI=1S/C21H23F3N6O2/c1-14-6-7-16(27-13-26-9-8-25)15(12-14)19(31)30-10-3-11-32-20(30)29-18-5-2-4-17(28-18)21(22,23)24/h2,4-9,12,20,25,27H,3,10-11,13H2,1H3,(H,28,29)/p+1/b25-8?,26-9-/t20-/m1/s1. The molecule has 0 radical (unpaired) electrons. The van der Waals surface area contributed by atoms with Crippen molar-refractivity contribution in [3.8, 4) is 0 Å². The average molecular weight is 449 g/mol. The molecule has 1 aromatic carbocycles. The van der Waals surface area contributed by atoms with Gasteiger partial charge in [0.2, 0.25) is 6.35 Å². The molecule has 0 saturated carbocycles. The molecule has 0 unspecified atom stereocenters. The molecule has 2 aromatic rings. The number of nitrogens with zero attached hydrogens (tertiary/aromatic N) is 3. The molecule has 4 N–H and O–H groups in total.